The normalized spacial score (nSPS) is 43.0. The maximum Gasteiger partial charge on any atom is 0.248 e. The molecule has 2 aliphatic carbocycles. The SMILES string of the molecule is FC1(F)CC2CC(F)(F)CC2C1. The summed E-state index contributed by atoms with van der Waals surface area (Å²) in [5, 5.41) is 0. The van der Waals surface area contributed by atoms with E-state index >= 15 is 0 Å². The van der Waals surface area contributed by atoms with Crippen LogP contribution >= 0.6 is 0 Å². The molecular formula is C8H10F4. The van der Waals surface area contributed by atoms with Gasteiger partial charge in [0.2, 0.25) is 11.8 Å². The van der Waals surface area contributed by atoms with Crippen LogP contribution in [0, 0.1) is 11.8 Å². The fraction of sp³-hybridized carbons (Fsp3) is 1.00. The first kappa shape index (κ1) is 8.32. The molecule has 4 heteroatoms. The Morgan fingerprint density at radius 1 is 0.667 bits per heavy atom. The highest BCUT2D eigenvalue weighted by atomic mass is 19.3. The minimum absolute atomic E-state index is 0.326. The van der Waals surface area contributed by atoms with Gasteiger partial charge in [-0.1, -0.05) is 0 Å². The topological polar surface area (TPSA) is 0 Å². The largest absolute Gasteiger partial charge is 0.248 e. The molecular weight excluding hydrogens is 172 g/mol. The maximum absolute atomic E-state index is 12.7. The predicted molar refractivity (Wildman–Crippen MR) is 35.3 cm³/mol. The van der Waals surface area contributed by atoms with Gasteiger partial charge in [-0.25, -0.2) is 17.6 Å². The molecule has 2 aliphatic rings. The Labute approximate surface area is 67.9 Å². The molecule has 2 rings (SSSR count). The van der Waals surface area contributed by atoms with E-state index in [1.165, 1.54) is 0 Å². The van der Waals surface area contributed by atoms with Gasteiger partial charge in [-0.15, -0.1) is 0 Å². The highest BCUT2D eigenvalue weighted by Gasteiger charge is 2.56. The van der Waals surface area contributed by atoms with Crippen LogP contribution in [-0.2, 0) is 0 Å². The molecule has 0 nitrogen and oxygen atoms in total. The zero-order valence-electron chi connectivity index (χ0n) is 6.49. The molecule has 0 aromatic heterocycles. The van der Waals surface area contributed by atoms with Crippen molar-refractivity contribution in [1.82, 2.24) is 0 Å². The summed E-state index contributed by atoms with van der Waals surface area (Å²) in [6, 6.07) is 0. The summed E-state index contributed by atoms with van der Waals surface area (Å²) in [6.45, 7) is 0. The third-order valence-corrected chi connectivity index (χ3v) is 2.91. The summed E-state index contributed by atoms with van der Waals surface area (Å²) in [5.74, 6) is -6.22. The molecule has 0 atom stereocenters. The highest BCUT2D eigenvalue weighted by molar-refractivity contribution is 4.97. The minimum Gasteiger partial charge on any atom is -0.207 e. The van der Waals surface area contributed by atoms with Crippen molar-refractivity contribution in [2.24, 2.45) is 11.8 Å². The molecule has 0 heterocycles. The van der Waals surface area contributed by atoms with E-state index in [0.717, 1.165) is 0 Å². The number of rotatable bonds is 0. The van der Waals surface area contributed by atoms with Crippen LogP contribution < -0.4 is 0 Å². The Morgan fingerprint density at radius 3 is 1.17 bits per heavy atom. The molecule has 70 valence electrons. The van der Waals surface area contributed by atoms with Gasteiger partial charge < -0.3 is 0 Å². The monoisotopic (exact) mass is 182 g/mol. The van der Waals surface area contributed by atoms with Gasteiger partial charge in [0.25, 0.3) is 0 Å². The van der Waals surface area contributed by atoms with Crippen molar-refractivity contribution in [2.75, 3.05) is 0 Å². The average Bonchev–Trinajstić information content (AvgIpc) is 2.12. The number of hydrogen-bond acceptors (Lipinski definition) is 0. The fourth-order valence-corrected chi connectivity index (χ4v) is 2.51. The second-order valence-corrected chi connectivity index (χ2v) is 4.05. The van der Waals surface area contributed by atoms with Crippen molar-refractivity contribution in [3.63, 3.8) is 0 Å². The van der Waals surface area contributed by atoms with E-state index in [-0.39, 0.29) is 25.7 Å². The Balaban J connectivity index is 2.07. The zero-order chi connectivity index (χ0) is 8.98. The molecule has 0 unspecified atom stereocenters. The molecule has 0 radical (unpaired) electrons. The Bertz CT molecular complexity index is 161. The van der Waals surface area contributed by atoms with Crippen molar-refractivity contribution < 1.29 is 17.6 Å². The molecule has 0 spiro atoms. The minimum atomic E-state index is -2.67. The van der Waals surface area contributed by atoms with Crippen LogP contribution in [0.25, 0.3) is 0 Å². The van der Waals surface area contributed by atoms with Gasteiger partial charge in [-0.3, -0.25) is 0 Å². The van der Waals surface area contributed by atoms with Crippen LogP contribution in [0.3, 0.4) is 0 Å². The predicted octanol–water partition coefficient (Wildman–Crippen LogP) is 3.08. The number of hydrogen-bond donors (Lipinski definition) is 0. The van der Waals surface area contributed by atoms with Crippen molar-refractivity contribution in [2.45, 2.75) is 37.5 Å². The molecule has 0 bridgehead atoms. The van der Waals surface area contributed by atoms with E-state index in [1.807, 2.05) is 0 Å². The zero-order valence-corrected chi connectivity index (χ0v) is 6.49. The molecule has 0 aliphatic heterocycles. The highest BCUT2D eigenvalue weighted by Crippen LogP contribution is 2.55. The summed E-state index contributed by atoms with van der Waals surface area (Å²) in [7, 11) is 0. The summed E-state index contributed by atoms with van der Waals surface area (Å²) >= 11 is 0. The lowest BCUT2D eigenvalue weighted by molar-refractivity contribution is -0.0338. The number of halogens is 4. The molecule has 0 aromatic rings. The molecule has 0 saturated heterocycles. The summed E-state index contributed by atoms with van der Waals surface area (Å²) in [6.07, 6.45) is -1.30. The van der Waals surface area contributed by atoms with Crippen LogP contribution in [0.2, 0.25) is 0 Å². The van der Waals surface area contributed by atoms with E-state index in [9.17, 15) is 17.6 Å². The quantitative estimate of drug-likeness (QED) is 0.505. The van der Waals surface area contributed by atoms with E-state index in [1.54, 1.807) is 0 Å². The Hall–Kier alpha value is -0.280. The maximum atomic E-state index is 12.7. The van der Waals surface area contributed by atoms with Crippen LogP contribution in [0.15, 0.2) is 0 Å². The summed E-state index contributed by atoms with van der Waals surface area (Å²) in [4.78, 5) is 0. The molecule has 0 N–H and O–H groups in total. The smallest absolute Gasteiger partial charge is 0.207 e. The van der Waals surface area contributed by atoms with Crippen molar-refractivity contribution >= 4 is 0 Å². The first-order valence-electron chi connectivity index (χ1n) is 4.14. The average molecular weight is 182 g/mol. The standard InChI is InChI=1S/C8H10F4/c9-7(10)1-5-2-8(11,12)4-6(5)3-7/h5-6H,1-4H2. The molecule has 2 fully saturated rings. The van der Waals surface area contributed by atoms with Crippen LogP contribution in [0.4, 0.5) is 17.6 Å². The number of alkyl halides is 4. The van der Waals surface area contributed by atoms with Crippen LogP contribution in [0.5, 0.6) is 0 Å². The van der Waals surface area contributed by atoms with E-state index in [0.29, 0.717) is 0 Å². The fourth-order valence-electron chi connectivity index (χ4n) is 2.51. The molecule has 0 aromatic carbocycles. The molecule has 2 saturated carbocycles. The van der Waals surface area contributed by atoms with Crippen molar-refractivity contribution in [3.05, 3.63) is 0 Å². The lowest BCUT2D eigenvalue weighted by Crippen LogP contribution is -2.17. The second kappa shape index (κ2) is 2.15. The van der Waals surface area contributed by atoms with Gasteiger partial charge in [0, 0.05) is 25.7 Å². The van der Waals surface area contributed by atoms with Crippen molar-refractivity contribution in [1.29, 1.82) is 0 Å². The Morgan fingerprint density at radius 2 is 0.917 bits per heavy atom. The number of fused-ring (bicyclic) bond motifs is 1. The first-order valence-corrected chi connectivity index (χ1v) is 4.14. The van der Waals surface area contributed by atoms with Gasteiger partial charge in [-0.2, -0.15) is 0 Å². The van der Waals surface area contributed by atoms with Crippen LogP contribution in [0.1, 0.15) is 25.7 Å². The van der Waals surface area contributed by atoms with E-state index in [2.05, 4.69) is 0 Å². The van der Waals surface area contributed by atoms with E-state index < -0.39 is 23.7 Å². The molecule has 12 heavy (non-hydrogen) atoms. The lowest BCUT2D eigenvalue weighted by Gasteiger charge is -2.13. The summed E-state index contributed by atoms with van der Waals surface area (Å²) in [5.41, 5.74) is 0. The lowest BCUT2D eigenvalue weighted by atomic mass is 10.0. The second-order valence-electron chi connectivity index (χ2n) is 4.05. The summed E-state index contributed by atoms with van der Waals surface area (Å²) < 4.78 is 50.7. The van der Waals surface area contributed by atoms with Gasteiger partial charge in [0.05, 0.1) is 0 Å². The third kappa shape index (κ3) is 1.31. The van der Waals surface area contributed by atoms with Crippen molar-refractivity contribution in [3.8, 4) is 0 Å². The van der Waals surface area contributed by atoms with Crippen LogP contribution in [-0.4, -0.2) is 11.8 Å². The van der Waals surface area contributed by atoms with Gasteiger partial charge in [-0.05, 0) is 11.8 Å². The van der Waals surface area contributed by atoms with Gasteiger partial charge in [0.1, 0.15) is 0 Å². The Kier molecular flexibility index (Phi) is 1.49. The van der Waals surface area contributed by atoms with E-state index in [4.69, 9.17) is 0 Å². The first-order chi connectivity index (χ1) is 5.38. The van der Waals surface area contributed by atoms with Gasteiger partial charge >= 0.3 is 0 Å². The molecule has 0 amide bonds. The third-order valence-electron chi connectivity index (χ3n) is 2.91. The van der Waals surface area contributed by atoms with Gasteiger partial charge in [0.15, 0.2) is 0 Å².